The van der Waals surface area contributed by atoms with E-state index < -0.39 is 65.0 Å². The molecule has 2 aromatic carbocycles. The Morgan fingerprint density at radius 3 is 2.33 bits per heavy atom. The van der Waals surface area contributed by atoms with Crippen molar-refractivity contribution in [2.24, 2.45) is 0 Å². The summed E-state index contributed by atoms with van der Waals surface area (Å²) in [5.41, 5.74) is -4.67. The van der Waals surface area contributed by atoms with E-state index in [1.165, 1.54) is 12.1 Å². The summed E-state index contributed by atoms with van der Waals surface area (Å²) in [5, 5.41) is 0. The van der Waals surface area contributed by atoms with E-state index in [0.29, 0.717) is 6.07 Å². The summed E-state index contributed by atoms with van der Waals surface area (Å²) in [7, 11) is 0. The van der Waals surface area contributed by atoms with Gasteiger partial charge in [-0.15, -0.1) is 13.2 Å². The van der Waals surface area contributed by atoms with Crippen LogP contribution in [0.2, 0.25) is 0 Å². The SMILES string of the molecule is FCCCCCc1c(C2=C(F)C=CCC2(F)c2ccccc2F)ccc(OC(F)(F)F)c1F. The smallest absolute Gasteiger partial charge is 0.403 e. The maximum absolute atomic E-state index is 16.3. The molecule has 0 spiro atoms. The van der Waals surface area contributed by atoms with Crippen LogP contribution in [-0.2, 0) is 12.1 Å². The Morgan fingerprint density at radius 2 is 1.67 bits per heavy atom. The van der Waals surface area contributed by atoms with Crippen molar-refractivity contribution in [2.45, 2.75) is 44.1 Å². The van der Waals surface area contributed by atoms with E-state index in [2.05, 4.69) is 4.74 Å². The molecule has 2 aromatic rings. The lowest BCUT2D eigenvalue weighted by Crippen LogP contribution is -2.27. The van der Waals surface area contributed by atoms with Crippen molar-refractivity contribution < 1.29 is 39.9 Å². The molecule has 1 nitrogen and oxygen atoms in total. The van der Waals surface area contributed by atoms with Crippen LogP contribution in [0.5, 0.6) is 5.75 Å². The Labute approximate surface area is 185 Å². The fourth-order valence-electron chi connectivity index (χ4n) is 3.92. The summed E-state index contributed by atoms with van der Waals surface area (Å²) in [6.07, 6.45) is -3.24. The minimum atomic E-state index is -5.19. The third kappa shape index (κ3) is 5.39. The van der Waals surface area contributed by atoms with Crippen LogP contribution in [0.1, 0.15) is 42.4 Å². The zero-order chi connectivity index (χ0) is 24.2. The predicted molar refractivity (Wildman–Crippen MR) is 108 cm³/mol. The van der Waals surface area contributed by atoms with E-state index in [1.54, 1.807) is 0 Å². The Kier molecular flexibility index (Phi) is 7.49. The second-order valence-corrected chi connectivity index (χ2v) is 7.56. The molecule has 1 atom stereocenters. The molecule has 0 aliphatic heterocycles. The third-order valence-electron chi connectivity index (χ3n) is 5.36. The second kappa shape index (κ2) is 9.97. The number of ether oxygens (including phenoxy) is 1. The maximum Gasteiger partial charge on any atom is 0.573 e. The molecule has 0 fully saturated rings. The summed E-state index contributed by atoms with van der Waals surface area (Å²) >= 11 is 0. The van der Waals surface area contributed by atoms with Gasteiger partial charge < -0.3 is 4.74 Å². The number of benzene rings is 2. The average Bonchev–Trinajstić information content (AvgIpc) is 2.74. The normalized spacial score (nSPS) is 18.7. The van der Waals surface area contributed by atoms with Crippen LogP contribution in [0.3, 0.4) is 0 Å². The van der Waals surface area contributed by atoms with Crippen molar-refractivity contribution in [3.05, 3.63) is 82.7 Å². The first-order valence-electron chi connectivity index (χ1n) is 10.2. The molecule has 3 rings (SSSR count). The van der Waals surface area contributed by atoms with Crippen LogP contribution in [0.4, 0.5) is 35.1 Å². The predicted octanol–water partition coefficient (Wildman–Crippen LogP) is 8.05. The fourth-order valence-corrected chi connectivity index (χ4v) is 3.92. The highest BCUT2D eigenvalue weighted by Gasteiger charge is 2.43. The Morgan fingerprint density at radius 1 is 0.939 bits per heavy atom. The molecule has 33 heavy (non-hydrogen) atoms. The van der Waals surface area contributed by atoms with Crippen LogP contribution >= 0.6 is 0 Å². The summed E-state index contributed by atoms with van der Waals surface area (Å²) < 4.78 is 115. The van der Waals surface area contributed by atoms with Crippen molar-refractivity contribution in [2.75, 3.05) is 6.67 Å². The molecule has 178 valence electrons. The Bertz CT molecular complexity index is 1060. The van der Waals surface area contributed by atoms with E-state index in [0.717, 1.165) is 30.4 Å². The van der Waals surface area contributed by atoms with Crippen LogP contribution in [0.15, 0.2) is 54.4 Å². The molecule has 1 unspecified atom stereocenters. The highest BCUT2D eigenvalue weighted by Crippen LogP contribution is 2.50. The van der Waals surface area contributed by atoms with E-state index in [4.69, 9.17) is 0 Å². The molecule has 1 aliphatic carbocycles. The molecule has 0 aromatic heterocycles. The lowest BCUT2D eigenvalue weighted by atomic mass is 9.76. The first-order valence-corrected chi connectivity index (χ1v) is 10.2. The molecule has 0 N–H and O–H groups in total. The number of unbranched alkanes of at least 4 members (excludes halogenated alkanes) is 2. The van der Waals surface area contributed by atoms with Gasteiger partial charge in [0.2, 0.25) is 0 Å². The molecular formula is C24H20F8O. The Hall–Kier alpha value is -2.84. The molecule has 0 radical (unpaired) electrons. The third-order valence-corrected chi connectivity index (χ3v) is 5.36. The van der Waals surface area contributed by atoms with Gasteiger partial charge >= 0.3 is 6.36 Å². The molecular weight excluding hydrogens is 456 g/mol. The first kappa shape index (κ1) is 24.8. The number of halogens is 8. The molecule has 1 aliphatic rings. The second-order valence-electron chi connectivity index (χ2n) is 7.56. The maximum atomic E-state index is 16.3. The van der Waals surface area contributed by atoms with Gasteiger partial charge in [-0.2, -0.15) is 0 Å². The number of hydrogen-bond acceptors (Lipinski definition) is 1. The highest BCUT2D eigenvalue weighted by molar-refractivity contribution is 5.80. The number of allylic oxidation sites excluding steroid dienone is 4. The number of hydrogen-bond donors (Lipinski definition) is 0. The Balaban J connectivity index is 2.18. The van der Waals surface area contributed by atoms with E-state index in [9.17, 15) is 22.0 Å². The van der Waals surface area contributed by atoms with E-state index in [1.807, 2.05) is 0 Å². The molecule has 0 heterocycles. The highest BCUT2D eigenvalue weighted by atomic mass is 19.4. The summed E-state index contributed by atoms with van der Waals surface area (Å²) in [5.74, 6) is -4.66. The average molecular weight is 476 g/mol. The van der Waals surface area contributed by atoms with Crippen LogP contribution in [-0.4, -0.2) is 13.0 Å². The quantitative estimate of drug-likeness (QED) is 0.277. The molecule has 0 saturated heterocycles. The van der Waals surface area contributed by atoms with Gasteiger partial charge in [0.1, 0.15) is 11.6 Å². The van der Waals surface area contributed by atoms with Gasteiger partial charge in [0, 0.05) is 17.6 Å². The number of alkyl halides is 5. The van der Waals surface area contributed by atoms with Crippen molar-refractivity contribution >= 4 is 5.57 Å². The zero-order valence-corrected chi connectivity index (χ0v) is 17.3. The minimum Gasteiger partial charge on any atom is -0.403 e. The van der Waals surface area contributed by atoms with Crippen molar-refractivity contribution in [3.8, 4) is 5.75 Å². The van der Waals surface area contributed by atoms with Gasteiger partial charge in [-0.05, 0) is 48.6 Å². The van der Waals surface area contributed by atoms with Gasteiger partial charge in [0.25, 0.3) is 0 Å². The van der Waals surface area contributed by atoms with Crippen LogP contribution in [0.25, 0.3) is 5.57 Å². The molecule has 9 heteroatoms. The van der Waals surface area contributed by atoms with Crippen LogP contribution in [0, 0.1) is 11.6 Å². The lowest BCUT2D eigenvalue weighted by molar-refractivity contribution is -0.275. The van der Waals surface area contributed by atoms with E-state index >= 15 is 13.2 Å². The topological polar surface area (TPSA) is 9.23 Å². The largest absolute Gasteiger partial charge is 0.573 e. The molecule has 0 saturated carbocycles. The van der Waals surface area contributed by atoms with Crippen molar-refractivity contribution in [1.82, 2.24) is 0 Å². The standard InChI is InChI=1S/C24H20F8O/c25-14-5-1-2-7-16-15(11-12-20(22(16)28)33-24(30,31)32)21-19(27)10-6-13-23(21,29)17-8-3-4-9-18(17)26/h3-4,6,8-12H,1-2,5,7,13-14H2. The van der Waals surface area contributed by atoms with E-state index in [-0.39, 0.29) is 31.2 Å². The fraction of sp³-hybridized carbons (Fsp3) is 0.333. The minimum absolute atomic E-state index is 0.137. The monoisotopic (exact) mass is 476 g/mol. The van der Waals surface area contributed by atoms with Crippen LogP contribution < -0.4 is 4.74 Å². The van der Waals surface area contributed by atoms with Gasteiger partial charge in [-0.1, -0.05) is 36.8 Å². The summed E-state index contributed by atoms with van der Waals surface area (Å²) in [4.78, 5) is 0. The van der Waals surface area contributed by atoms with Crippen molar-refractivity contribution in [1.29, 1.82) is 0 Å². The van der Waals surface area contributed by atoms with Gasteiger partial charge in [0.05, 0.1) is 6.67 Å². The number of rotatable bonds is 8. The molecule has 0 bridgehead atoms. The van der Waals surface area contributed by atoms with Gasteiger partial charge in [-0.3, -0.25) is 4.39 Å². The zero-order valence-electron chi connectivity index (χ0n) is 17.3. The van der Waals surface area contributed by atoms with Gasteiger partial charge in [0.15, 0.2) is 17.2 Å². The lowest BCUT2D eigenvalue weighted by Gasteiger charge is -2.32. The summed E-state index contributed by atoms with van der Waals surface area (Å²) in [6, 6.07) is 6.34. The van der Waals surface area contributed by atoms with Crippen molar-refractivity contribution in [3.63, 3.8) is 0 Å². The summed E-state index contributed by atoms with van der Waals surface area (Å²) in [6.45, 7) is -0.641. The molecule has 0 amide bonds. The first-order chi connectivity index (χ1) is 15.6. The van der Waals surface area contributed by atoms with Gasteiger partial charge in [-0.25, -0.2) is 17.6 Å².